The Hall–Kier alpha value is -1.50. The van der Waals surface area contributed by atoms with Gasteiger partial charge in [0.1, 0.15) is 0 Å². The van der Waals surface area contributed by atoms with Gasteiger partial charge in [0.2, 0.25) is 0 Å². The summed E-state index contributed by atoms with van der Waals surface area (Å²) < 4.78 is 16.4. The fourth-order valence-electron chi connectivity index (χ4n) is 2.94. The fraction of sp³-hybridized carbons (Fsp3) is 0.611. The molecular formula is C18H29ClN2O4. The van der Waals surface area contributed by atoms with Crippen molar-refractivity contribution in [2.75, 3.05) is 40.5 Å². The topological polar surface area (TPSA) is 74.0 Å². The predicted octanol–water partition coefficient (Wildman–Crippen LogP) is 2.40. The number of aryl methyl sites for hydroxylation is 1. The van der Waals surface area contributed by atoms with Crippen molar-refractivity contribution in [3.8, 4) is 11.5 Å². The molecule has 0 saturated carbocycles. The van der Waals surface area contributed by atoms with E-state index in [9.17, 15) is 4.79 Å². The molecule has 142 valence electrons. The van der Waals surface area contributed by atoms with Crippen LogP contribution in [0, 0.1) is 6.92 Å². The van der Waals surface area contributed by atoms with Gasteiger partial charge in [0.15, 0.2) is 11.5 Å². The van der Waals surface area contributed by atoms with Crippen molar-refractivity contribution in [1.29, 1.82) is 0 Å². The molecule has 0 aliphatic carbocycles. The minimum Gasteiger partial charge on any atom is -0.493 e. The van der Waals surface area contributed by atoms with E-state index in [4.69, 9.17) is 19.9 Å². The molecule has 1 amide bonds. The molecule has 0 unspecified atom stereocenters. The Morgan fingerprint density at radius 1 is 1.20 bits per heavy atom. The van der Waals surface area contributed by atoms with E-state index in [0.717, 1.165) is 24.8 Å². The third kappa shape index (κ3) is 5.49. The van der Waals surface area contributed by atoms with Crippen molar-refractivity contribution in [2.24, 2.45) is 5.73 Å². The monoisotopic (exact) mass is 372 g/mol. The normalized spacial score (nSPS) is 14.8. The lowest BCUT2D eigenvalue weighted by Gasteiger charge is -2.32. The largest absolute Gasteiger partial charge is 0.493 e. The third-order valence-electron chi connectivity index (χ3n) is 4.39. The molecule has 25 heavy (non-hydrogen) atoms. The van der Waals surface area contributed by atoms with E-state index in [2.05, 4.69) is 0 Å². The molecule has 2 rings (SSSR count). The summed E-state index contributed by atoms with van der Waals surface area (Å²) in [4.78, 5) is 14.7. The second-order valence-electron chi connectivity index (χ2n) is 6.03. The number of likely N-dealkylation sites (tertiary alicyclic amines) is 1. The van der Waals surface area contributed by atoms with E-state index in [-0.39, 0.29) is 24.4 Å². The molecule has 1 aromatic carbocycles. The number of carbonyl (C=O) groups is 1. The fourth-order valence-corrected chi connectivity index (χ4v) is 2.94. The lowest BCUT2D eigenvalue weighted by atomic mass is 10.0. The van der Waals surface area contributed by atoms with Crippen LogP contribution < -0.4 is 15.2 Å². The zero-order chi connectivity index (χ0) is 17.5. The Morgan fingerprint density at radius 3 is 2.36 bits per heavy atom. The van der Waals surface area contributed by atoms with Gasteiger partial charge < -0.3 is 24.8 Å². The third-order valence-corrected chi connectivity index (χ3v) is 4.39. The van der Waals surface area contributed by atoms with Gasteiger partial charge in [0.25, 0.3) is 5.91 Å². The lowest BCUT2D eigenvalue weighted by molar-refractivity contribution is 0.00842. The van der Waals surface area contributed by atoms with Crippen LogP contribution in [0.4, 0.5) is 0 Å². The molecule has 1 aliphatic heterocycles. The van der Waals surface area contributed by atoms with Gasteiger partial charge in [-0.2, -0.15) is 0 Å². The number of piperidine rings is 1. The minimum atomic E-state index is 0. The van der Waals surface area contributed by atoms with Crippen LogP contribution in [0.3, 0.4) is 0 Å². The molecule has 1 saturated heterocycles. The van der Waals surface area contributed by atoms with Gasteiger partial charge in [0.05, 0.1) is 20.3 Å². The summed E-state index contributed by atoms with van der Waals surface area (Å²) in [6.45, 7) is 4.68. The number of benzene rings is 1. The number of hydrogen-bond acceptors (Lipinski definition) is 5. The summed E-state index contributed by atoms with van der Waals surface area (Å²) in [6, 6.07) is 3.61. The Labute approximate surface area is 156 Å². The minimum absolute atomic E-state index is 0. The van der Waals surface area contributed by atoms with Crippen LogP contribution >= 0.6 is 12.4 Å². The van der Waals surface area contributed by atoms with Crippen LogP contribution in [0.1, 0.15) is 35.2 Å². The van der Waals surface area contributed by atoms with Gasteiger partial charge in [0, 0.05) is 25.3 Å². The second-order valence-corrected chi connectivity index (χ2v) is 6.03. The van der Waals surface area contributed by atoms with Crippen molar-refractivity contribution in [3.05, 3.63) is 23.3 Å². The standard InChI is InChI=1S/C18H28N2O4.ClH/c1-13-11-16(22-2)17(23-3)12-15(13)18(21)20-8-5-14(6-9-20)24-10-4-7-19;/h11-12,14H,4-10,19H2,1-3H3;1H. The predicted molar refractivity (Wildman–Crippen MR) is 100 cm³/mol. The maximum atomic E-state index is 12.8. The zero-order valence-corrected chi connectivity index (χ0v) is 16.1. The summed E-state index contributed by atoms with van der Waals surface area (Å²) in [5.74, 6) is 1.25. The van der Waals surface area contributed by atoms with Crippen LogP contribution in [0.25, 0.3) is 0 Å². The van der Waals surface area contributed by atoms with E-state index >= 15 is 0 Å². The summed E-state index contributed by atoms with van der Waals surface area (Å²) in [7, 11) is 3.17. The highest BCUT2D eigenvalue weighted by molar-refractivity contribution is 5.96. The number of ether oxygens (including phenoxy) is 3. The molecule has 0 radical (unpaired) electrons. The first-order valence-electron chi connectivity index (χ1n) is 8.44. The molecule has 6 nitrogen and oxygen atoms in total. The Kier molecular flexibility index (Phi) is 9.03. The van der Waals surface area contributed by atoms with Gasteiger partial charge in [-0.1, -0.05) is 0 Å². The molecule has 0 aromatic heterocycles. The number of nitrogens with two attached hydrogens (primary N) is 1. The maximum Gasteiger partial charge on any atom is 0.254 e. The number of nitrogens with zero attached hydrogens (tertiary/aromatic N) is 1. The van der Waals surface area contributed by atoms with Crippen LogP contribution in [0.15, 0.2) is 12.1 Å². The first kappa shape index (κ1) is 21.5. The molecule has 2 N–H and O–H groups in total. The zero-order valence-electron chi connectivity index (χ0n) is 15.2. The quantitative estimate of drug-likeness (QED) is 0.744. The van der Waals surface area contributed by atoms with Crippen molar-refractivity contribution in [2.45, 2.75) is 32.3 Å². The van der Waals surface area contributed by atoms with Crippen molar-refractivity contribution in [1.82, 2.24) is 4.90 Å². The first-order valence-corrected chi connectivity index (χ1v) is 8.44. The number of halogens is 1. The lowest BCUT2D eigenvalue weighted by Crippen LogP contribution is -2.41. The summed E-state index contributed by atoms with van der Waals surface area (Å²) in [5.41, 5.74) is 7.03. The number of hydrogen-bond donors (Lipinski definition) is 1. The van der Waals surface area contributed by atoms with E-state index in [1.807, 2.05) is 17.9 Å². The highest BCUT2D eigenvalue weighted by Crippen LogP contribution is 2.31. The van der Waals surface area contributed by atoms with Gasteiger partial charge in [-0.05, 0) is 50.4 Å². The van der Waals surface area contributed by atoms with Gasteiger partial charge in [-0.3, -0.25) is 4.79 Å². The van der Waals surface area contributed by atoms with Crippen molar-refractivity contribution in [3.63, 3.8) is 0 Å². The molecule has 7 heteroatoms. The molecule has 1 aliphatic rings. The van der Waals surface area contributed by atoms with Crippen LogP contribution in [0.2, 0.25) is 0 Å². The van der Waals surface area contributed by atoms with Crippen LogP contribution in [-0.2, 0) is 4.74 Å². The summed E-state index contributed by atoms with van der Waals surface area (Å²) in [6.07, 6.45) is 2.84. The second kappa shape index (κ2) is 10.5. The molecular weight excluding hydrogens is 344 g/mol. The first-order chi connectivity index (χ1) is 11.6. The Bertz CT molecular complexity index is 560. The van der Waals surface area contributed by atoms with Crippen molar-refractivity contribution < 1.29 is 19.0 Å². The summed E-state index contributed by atoms with van der Waals surface area (Å²) in [5, 5.41) is 0. The van der Waals surface area contributed by atoms with Gasteiger partial charge >= 0.3 is 0 Å². The average molecular weight is 373 g/mol. The number of methoxy groups -OCH3 is 2. The molecule has 1 heterocycles. The number of rotatable bonds is 7. The van der Waals surface area contributed by atoms with Crippen molar-refractivity contribution >= 4 is 18.3 Å². The SMILES string of the molecule is COc1cc(C)c(C(=O)N2CCC(OCCCN)CC2)cc1OC.Cl. The maximum absolute atomic E-state index is 12.8. The Morgan fingerprint density at radius 2 is 1.80 bits per heavy atom. The molecule has 1 aromatic rings. The average Bonchev–Trinajstić information content (AvgIpc) is 2.61. The molecule has 0 spiro atoms. The van der Waals surface area contributed by atoms with Crippen LogP contribution in [0.5, 0.6) is 11.5 Å². The summed E-state index contributed by atoms with van der Waals surface area (Å²) >= 11 is 0. The molecule has 0 atom stereocenters. The number of amides is 1. The molecule has 1 fully saturated rings. The van der Waals surface area contributed by atoms with Gasteiger partial charge in [-0.25, -0.2) is 0 Å². The molecule has 0 bridgehead atoms. The smallest absolute Gasteiger partial charge is 0.254 e. The van der Waals surface area contributed by atoms with E-state index < -0.39 is 0 Å². The highest BCUT2D eigenvalue weighted by atomic mass is 35.5. The van der Waals surface area contributed by atoms with Gasteiger partial charge in [-0.15, -0.1) is 12.4 Å². The van der Waals surface area contributed by atoms with Crippen LogP contribution in [-0.4, -0.2) is 57.4 Å². The number of carbonyl (C=O) groups excluding carboxylic acids is 1. The Balaban J connectivity index is 0.00000312. The van der Waals surface area contributed by atoms with E-state index in [1.54, 1.807) is 20.3 Å². The van der Waals surface area contributed by atoms with E-state index in [1.165, 1.54) is 0 Å². The highest BCUT2D eigenvalue weighted by Gasteiger charge is 2.25. The van der Waals surface area contributed by atoms with E-state index in [0.29, 0.717) is 43.3 Å².